The fourth-order valence-electron chi connectivity index (χ4n) is 2.35. The van der Waals surface area contributed by atoms with Crippen LogP contribution in [0.1, 0.15) is 12.3 Å². The molecule has 3 aromatic rings. The summed E-state index contributed by atoms with van der Waals surface area (Å²) in [6.07, 6.45) is 0.239. The lowest BCUT2D eigenvalue weighted by Crippen LogP contribution is -2.17. The summed E-state index contributed by atoms with van der Waals surface area (Å²) in [6, 6.07) is 14.2. The van der Waals surface area contributed by atoms with E-state index in [9.17, 15) is 17.6 Å². The summed E-state index contributed by atoms with van der Waals surface area (Å²) in [6.45, 7) is 0. The Morgan fingerprint density at radius 1 is 1.07 bits per heavy atom. The monoisotopic (exact) mass is 435 g/mol. The summed E-state index contributed by atoms with van der Waals surface area (Å²) in [5.41, 5.74) is 0. The van der Waals surface area contributed by atoms with Crippen molar-refractivity contribution in [2.24, 2.45) is 0 Å². The van der Waals surface area contributed by atoms with Gasteiger partial charge >= 0.3 is 6.01 Å². The van der Waals surface area contributed by atoms with Crippen molar-refractivity contribution in [2.75, 3.05) is 16.8 Å². The van der Waals surface area contributed by atoms with Gasteiger partial charge in [0.15, 0.2) is 9.84 Å². The first kappa shape index (κ1) is 21.0. The lowest BCUT2D eigenvalue weighted by Gasteiger charge is -2.04. The van der Waals surface area contributed by atoms with E-state index in [0.717, 1.165) is 22.8 Å². The number of carbonyl (C=O) groups excluding carboxylic acids is 1. The van der Waals surface area contributed by atoms with Gasteiger partial charge in [-0.2, -0.15) is 0 Å². The molecule has 0 saturated carbocycles. The number of benzene rings is 2. The Morgan fingerprint density at radius 2 is 1.79 bits per heavy atom. The topological polar surface area (TPSA) is 102 Å². The van der Waals surface area contributed by atoms with Crippen molar-refractivity contribution in [3.63, 3.8) is 0 Å². The zero-order valence-corrected chi connectivity index (χ0v) is 16.9. The highest BCUT2D eigenvalue weighted by Gasteiger charge is 2.18. The van der Waals surface area contributed by atoms with Crippen LogP contribution in [0.15, 0.2) is 68.8 Å². The molecule has 0 unspecified atom stereocenters. The highest BCUT2D eigenvalue weighted by Crippen LogP contribution is 2.19. The Morgan fingerprint density at radius 3 is 2.52 bits per heavy atom. The summed E-state index contributed by atoms with van der Waals surface area (Å²) >= 11 is 1.64. The summed E-state index contributed by atoms with van der Waals surface area (Å²) in [4.78, 5) is 13.1. The number of anilines is 1. The molecule has 0 atom stereocenters. The van der Waals surface area contributed by atoms with Gasteiger partial charge in [-0.05, 0) is 36.4 Å². The number of rotatable bonds is 9. The SMILES string of the molecule is O=C(CCS(=O)(=O)c1ccc(F)cc1)Nc1nnc(CCSc2ccccc2)o1. The van der Waals surface area contributed by atoms with Gasteiger partial charge < -0.3 is 4.42 Å². The van der Waals surface area contributed by atoms with Crippen molar-refractivity contribution >= 4 is 33.5 Å². The largest absolute Gasteiger partial charge is 0.408 e. The summed E-state index contributed by atoms with van der Waals surface area (Å²) in [5.74, 6) is -0.405. The molecule has 0 fully saturated rings. The molecule has 0 spiro atoms. The molecule has 0 aliphatic heterocycles. The highest BCUT2D eigenvalue weighted by molar-refractivity contribution is 7.99. The van der Waals surface area contributed by atoms with Gasteiger partial charge in [-0.15, -0.1) is 16.9 Å². The number of hydrogen-bond acceptors (Lipinski definition) is 7. The van der Waals surface area contributed by atoms with Crippen LogP contribution in [0.2, 0.25) is 0 Å². The van der Waals surface area contributed by atoms with E-state index in [4.69, 9.17) is 4.42 Å². The van der Waals surface area contributed by atoms with Crippen molar-refractivity contribution in [1.82, 2.24) is 10.2 Å². The first-order valence-corrected chi connectivity index (χ1v) is 11.3. The van der Waals surface area contributed by atoms with E-state index in [1.165, 1.54) is 12.1 Å². The number of hydrogen-bond donors (Lipinski definition) is 1. The van der Waals surface area contributed by atoms with Crippen molar-refractivity contribution in [3.8, 4) is 0 Å². The second kappa shape index (κ2) is 9.66. The number of amides is 1. The van der Waals surface area contributed by atoms with E-state index in [1.807, 2.05) is 30.3 Å². The van der Waals surface area contributed by atoms with Crippen molar-refractivity contribution < 1.29 is 22.0 Å². The standard InChI is InChI=1S/C19H18FN3O4S2/c20-14-6-8-16(9-7-14)29(25,26)13-11-17(24)21-19-23-22-18(27-19)10-12-28-15-4-2-1-3-5-15/h1-9H,10-13H2,(H,21,23,24). The molecule has 10 heteroatoms. The molecule has 29 heavy (non-hydrogen) atoms. The number of nitrogens with zero attached hydrogens (tertiary/aromatic N) is 2. The van der Waals surface area contributed by atoms with Gasteiger partial charge in [-0.3, -0.25) is 10.1 Å². The molecule has 1 N–H and O–H groups in total. The molecule has 0 saturated heterocycles. The molecule has 7 nitrogen and oxygen atoms in total. The molecule has 1 heterocycles. The van der Waals surface area contributed by atoms with Crippen molar-refractivity contribution in [3.05, 3.63) is 66.3 Å². The molecule has 0 radical (unpaired) electrons. The minimum atomic E-state index is -3.69. The summed E-state index contributed by atoms with van der Waals surface area (Å²) < 4.78 is 42.6. The van der Waals surface area contributed by atoms with Crippen LogP contribution < -0.4 is 5.32 Å². The first-order valence-electron chi connectivity index (χ1n) is 8.71. The van der Waals surface area contributed by atoms with E-state index in [2.05, 4.69) is 15.5 Å². The van der Waals surface area contributed by atoms with Crippen LogP contribution in [-0.4, -0.2) is 36.0 Å². The van der Waals surface area contributed by atoms with Crippen LogP contribution in [-0.2, 0) is 21.1 Å². The maximum Gasteiger partial charge on any atom is 0.322 e. The van der Waals surface area contributed by atoms with Crippen LogP contribution in [0.4, 0.5) is 10.4 Å². The van der Waals surface area contributed by atoms with Gasteiger partial charge in [0, 0.05) is 23.5 Å². The number of aryl methyl sites for hydroxylation is 1. The zero-order valence-electron chi connectivity index (χ0n) is 15.2. The molecule has 152 valence electrons. The third-order valence-corrected chi connectivity index (χ3v) is 6.56. The Balaban J connectivity index is 1.45. The molecule has 1 aromatic heterocycles. The van der Waals surface area contributed by atoms with Crippen LogP contribution in [0.5, 0.6) is 0 Å². The maximum atomic E-state index is 12.9. The average Bonchev–Trinajstić information content (AvgIpc) is 3.15. The Hall–Kier alpha value is -2.72. The van der Waals surface area contributed by atoms with E-state index >= 15 is 0 Å². The van der Waals surface area contributed by atoms with E-state index in [1.54, 1.807) is 11.8 Å². The molecule has 3 rings (SSSR count). The van der Waals surface area contributed by atoms with Crippen LogP contribution in [0.25, 0.3) is 0 Å². The minimum Gasteiger partial charge on any atom is -0.408 e. The molecule has 0 aliphatic rings. The van der Waals surface area contributed by atoms with E-state index in [0.29, 0.717) is 12.3 Å². The number of carbonyl (C=O) groups is 1. The van der Waals surface area contributed by atoms with Crippen LogP contribution in [0.3, 0.4) is 0 Å². The average molecular weight is 436 g/mol. The van der Waals surface area contributed by atoms with Gasteiger partial charge in [-0.1, -0.05) is 23.3 Å². The molecular formula is C19H18FN3O4S2. The van der Waals surface area contributed by atoms with E-state index < -0.39 is 27.3 Å². The normalized spacial score (nSPS) is 11.3. The minimum absolute atomic E-state index is 0.0392. The Bertz CT molecular complexity index is 1050. The first-order chi connectivity index (χ1) is 13.9. The lowest BCUT2D eigenvalue weighted by molar-refractivity contribution is -0.116. The predicted octanol–water partition coefficient (Wildman–Crippen LogP) is 3.35. The zero-order chi connectivity index (χ0) is 20.7. The van der Waals surface area contributed by atoms with Gasteiger partial charge in [-0.25, -0.2) is 12.8 Å². The van der Waals surface area contributed by atoms with Crippen LogP contribution >= 0.6 is 11.8 Å². The Kier molecular flexibility index (Phi) is 6.99. The number of aromatic nitrogens is 2. The van der Waals surface area contributed by atoms with E-state index in [-0.39, 0.29) is 17.3 Å². The third-order valence-electron chi connectivity index (χ3n) is 3.81. The number of sulfone groups is 1. The van der Waals surface area contributed by atoms with Crippen molar-refractivity contribution in [1.29, 1.82) is 0 Å². The quantitative estimate of drug-likeness (QED) is 0.406. The number of halogens is 1. The molecular weight excluding hydrogens is 417 g/mol. The number of nitrogens with one attached hydrogen (secondary N) is 1. The van der Waals surface area contributed by atoms with Crippen molar-refractivity contribution in [2.45, 2.75) is 22.6 Å². The molecule has 2 aromatic carbocycles. The number of thioether (sulfide) groups is 1. The second-order valence-corrected chi connectivity index (χ2v) is 9.26. The molecule has 0 bridgehead atoms. The van der Waals surface area contributed by atoms with Gasteiger partial charge in [0.1, 0.15) is 5.82 Å². The fourth-order valence-corrected chi connectivity index (χ4v) is 4.45. The lowest BCUT2D eigenvalue weighted by atomic mass is 10.4. The van der Waals surface area contributed by atoms with Gasteiger partial charge in [0.2, 0.25) is 11.8 Å². The summed E-state index contributed by atoms with van der Waals surface area (Å²) in [5, 5.41) is 10.0. The van der Waals surface area contributed by atoms with Crippen LogP contribution in [0, 0.1) is 5.82 Å². The predicted molar refractivity (Wildman–Crippen MR) is 107 cm³/mol. The molecule has 1 amide bonds. The Labute approximate surface area is 171 Å². The highest BCUT2D eigenvalue weighted by atomic mass is 32.2. The third kappa shape index (κ3) is 6.40. The second-order valence-electron chi connectivity index (χ2n) is 5.98. The fraction of sp³-hybridized carbons (Fsp3) is 0.211. The smallest absolute Gasteiger partial charge is 0.322 e. The molecule has 0 aliphatic carbocycles. The summed E-state index contributed by atoms with van der Waals surface area (Å²) in [7, 11) is -3.69. The van der Waals surface area contributed by atoms with Gasteiger partial charge in [0.05, 0.1) is 10.6 Å². The maximum absolute atomic E-state index is 12.9. The van der Waals surface area contributed by atoms with Gasteiger partial charge in [0.25, 0.3) is 0 Å².